The number of anilines is 1. The first kappa shape index (κ1) is 28.2. The number of alkyl halides is 6. The van der Waals surface area contributed by atoms with Gasteiger partial charge < -0.3 is 4.74 Å². The van der Waals surface area contributed by atoms with Gasteiger partial charge >= 0.3 is 18.4 Å². The van der Waals surface area contributed by atoms with Crippen LogP contribution in [0.15, 0.2) is 30.3 Å². The number of ether oxygens (including phenoxy) is 1. The van der Waals surface area contributed by atoms with E-state index >= 15 is 0 Å². The molecular formula is C26H27F6N3O2. The maximum atomic E-state index is 13.4. The van der Waals surface area contributed by atoms with E-state index in [4.69, 9.17) is 4.74 Å². The van der Waals surface area contributed by atoms with E-state index in [2.05, 4.69) is 0 Å². The molecule has 2 aromatic rings. The number of fused-ring (bicyclic) bond motifs is 1. The fraction of sp³-hybridized carbons (Fsp3) is 0.462. The molecule has 0 bridgehead atoms. The predicted octanol–water partition coefficient (Wildman–Crippen LogP) is 7.51. The van der Waals surface area contributed by atoms with Crippen LogP contribution in [0.3, 0.4) is 0 Å². The van der Waals surface area contributed by atoms with Crippen molar-refractivity contribution in [3.8, 4) is 6.19 Å². The number of aryl methyl sites for hydroxylation is 1. The van der Waals surface area contributed by atoms with Crippen molar-refractivity contribution in [2.45, 2.75) is 71.6 Å². The molecule has 1 heterocycles. The molecule has 0 fully saturated rings. The first-order valence-electron chi connectivity index (χ1n) is 11.7. The number of rotatable bonds is 4. The van der Waals surface area contributed by atoms with Gasteiger partial charge in [0.25, 0.3) is 0 Å². The number of hydrogen-bond acceptors (Lipinski definition) is 4. The van der Waals surface area contributed by atoms with E-state index in [-0.39, 0.29) is 24.3 Å². The molecule has 11 heteroatoms. The normalized spacial score (nSPS) is 16.2. The average Bonchev–Trinajstić information content (AvgIpc) is 2.98. The second-order valence-corrected chi connectivity index (χ2v) is 9.33. The molecule has 0 spiro atoms. The summed E-state index contributed by atoms with van der Waals surface area (Å²) in [5, 5.41) is 9.96. The van der Waals surface area contributed by atoms with Gasteiger partial charge in [-0.05, 0) is 81.0 Å². The zero-order valence-corrected chi connectivity index (χ0v) is 20.8. The quantitative estimate of drug-likeness (QED) is 0.235. The Labute approximate surface area is 211 Å². The van der Waals surface area contributed by atoms with Crippen molar-refractivity contribution in [3.63, 3.8) is 0 Å². The van der Waals surface area contributed by atoms with Crippen LogP contribution in [0, 0.1) is 25.3 Å². The number of nitrogens with zero attached hydrogens (tertiary/aromatic N) is 3. The Kier molecular flexibility index (Phi) is 8.00. The summed E-state index contributed by atoms with van der Waals surface area (Å²) in [6.07, 6.45) is -8.20. The minimum Gasteiger partial charge on any atom is -0.446 e. The molecule has 1 aliphatic rings. The number of amides is 1. The minimum absolute atomic E-state index is 0.0610. The summed E-state index contributed by atoms with van der Waals surface area (Å²) in [4.78, 5) is 15.6. The number of hydrogen-bond donors (Lipinski definition) is 0. The Morgan fingerprint density at radius 3 is 2.22 bits per heavy atom. The summed E-state index contributed by atoms with van der Waals surface area (Å²) in [5.74, 6) is 0. The second kappa shape index (κ2) is 10.5. The molecule has 5 nitrogen and oxygen atoms in total. The smallest absolute Gasteiger partial charge is 0.416 e. The van der Waals surface area contributed by atoms with Crippen LogP contribution < -0.4 is 4.90 Å². The molecule has 0 radical (unpaired) electrons. The molecule has 200 valence electrons. The molecule has 0 saturated heterocycles. The third-order valence-electron chi connectivity index (χ3n) is 6.28. The highest BCUT2D eigenvalue weighted by atomic mass is 19.4. The van der Waals surface area contributed by atoms with Gasteiger partial charge in [-0.15, -0.1) is 0 Å². The lowest BCUT2D eigenvalue weighted by Gasteiger charge is -2.30. The number of halogens is 6. The zero-order chi connectivity index (χ0) is 27.7. The summed E-state index contributed by atoms with van der Waals surface area (Å²) in [6, 6.07) is 4.18. The Morgan fingerprint density at radius 2 is 1.70 bits per heavy atom. The molecule has 0 saturated carbocycles. The first-order chi connectivity index (χ1) is 17.1. The van der Waals surface area contributed by atoms with Crippen LogP contribution in [0.25, 0.3) is 0 Å². The van der Waals surface area contributed by atoms with Gasteiger partial charge in [-0.2, -0.15) is 31.6 Å². The number of carbonyl (C=O) groups excluding carboxylic acids is 1. The van der Waals surface area contributed by atoms with Crippen molar-refractivity contribution in [3.05, 3.63) is 63.7 Å². The fourth-order valence-corrected chi connectivity index (χ4v) is 4.45. The highest BCUT2D eigenvalue weighted by Crippen LogP contribution is 2.41. The van der Waals surface area contributed by atoms with Crippen LogP contribution in [0.2, 0.25) is 0 Å². The molecule has 1 aliphatic heterocycles. The van der Waals surface area contributed by atoms with Crippen molar-refractivity contribution in [1.82, 2.24) is 4.90 Å². The van der Waals surface area contributed by atoms with Crippen LogP contribution in [0.1, 0.15) is 66.1 Å². The molecule has 2 aromatic carbocycles. The number of benzene rings is 2. The highest BCUT2D eigenvalue weighted by molar-refractivity contribution is 5.90. The van der Waals surface area contributed by atoms with Crippen molar-refractivity contribution in [1.29, 1.82) is 5.26 Å². The summed E-state index contributed by atoms with van der Waals surface area (Å²) in [5.41, 5.74) is -0.427. The fourth-order valence-electron chi connectivity index (χ4n) is 4.45. The minimum atomic E-state index is -4.99. The molecule has 3 rings (SSSR count). The molecule has 0 N–H and O–H groups in total. The van der Waals surface area contributed by atoms with Crippen molar-refractivity contribution in [2.75, 3.05) is 11.4 Å². The average molecular weight is 528 g/mol. The molecule has 37 heavy (non-hydrogen) atoms. The van der Waals surface area contributed by atoms with Gasteiger partial charge in [-0.3, -0.25) is 9.80 Å². The molecule has 1 unspecified atom stereocenters. The van der Waals surface area contributed by atoms with Gasteiger partial charge in [0, 0.05) is 6.54 Å². The molecule has 0 aromatic heterocycles. The SMILES string of the molecule is Cc1ccc2c(c1C)N(C(=O)OC(C)C)CCCC2N(C#N)Cc1cc(C(F)(F)F)cc(C(F)(F)F)c1. The predicted molar refractivity (Wildman–Crippen MR) is 124 cm³/mol. The standard InChI is InChI=1S/C26H27F6N3O2/c1-15(2)37-24(36)35-9-5-6-22(21-8-7-16(3)17(4)23(21)35)34(14-33)13-18-10-19(25(27,28)29)12-20(11-18)26(30,31)32/h7-8,10-12,15,22H,5-6,9,13H2,1-4H3. The van der Waals surface area contributed by atoms with E-state index < -0.39 is 42.2 Å². The highest BCUT2D eigenvalue weighted by Gasteiger charge is 2.38. The first-order valence-corrected chi connectivity index (χ1v) is 11.7. The van der Waals surface area contributed by atoms with Crippen LogP contribution in [-0.4, -0.2) is 23.6 Å². The van der Waals surface area contributed by atoms with E-state index in [1.54, 1.807) is 26.0 Å². The zero-order valence-electron chi connectivity index (χ0n) is 20.8. The van der Waals surface area contributed by atoms with Gasteiger partial charge in [0.2, 0.25) is 0 Å². The molecule has 1 amide bonds. The van der Waals surface area contributed by atoms with Gasteiger partial charge in [0.05, 0.1) is 35.5 Å². The van der Waals surface area contributed by atoms with Gasteiger partial charge in [-0.1, -0.05) is 12.1 Å². The second-order valence-electron chi connectivity index (χ2n) is 9.33. The Morgan fingerprint density at radius 1 is 1.11 bits per heavy atom. The summed E-state index contributed by atoms with van der Waals surface area (Å²) < 4.78 is 85.5. The Balaban J connectivity index is 2.08. The van der Waals surface area contributed by atoms with Gasteiger partial charge in [0.15, 0.2) is 6.19 Å². The Bertz CT molecular complexity index is 1170. The van der Waals surface area contributed by atoms with E-state index in [1.165, 1.54) is 9.80 Å². The third kappa shape index (κ3) is 6.29. The van der Waals surface area contributed by atoms with Crippen molar-refractivity contribution in [2.24, 2.45) is 0 Å². The number of nitriles is 1. The van der Waals surface area contributed by atoms with E-state index in [0.717, 1.165) is 11.1 Å². The van der Waals surface area contributed by atoms with Crippen molar-refractivity contribution < 1.29 is 35.9 Å². The molecule has 0 aliphatic carbocycles. The lowest BCUT2D eigenvalue weighted by atomic mass is 9.94. The lowest BCUT2D eigenvalue weighted by molar-refractivity contribution is -0.143. The van der Waals surface area contributed by atoms with E-state index in [9.17, 15) is 36.4 Å². The maximum absolute atomic E-state index is 13.4. The van der Waals surface area contributed by atoms with Gasteiger partial charge in [-0.25, -0.2) is 4.79 Å². The van der Waals surface area contributed by atoms with E-state index in [0.29, 0.717) is 36.2 Å². The van der Waals surface area contributed by atoms with Gasteiger partial charge in [0.1, 0.15) is 0 Å². The topological polar surface area (TPSA) is 56.6 Å². The van der Waals surface area contributed by atoms with E-state index in [1.807, 2.05) is 20.0 Å². The van der Waals surface area contributed by atoms with Crippen molar-refractivity contribution >= 4 is 11.8 Å². The maximum Gasteiger partial charge on any atom is 0.416 e. The van der Waals surface area contributed by atoms with Crippen LogP contribution in [0.5, 0.6) is 0 Å². The number of carbonyl (C=O) groups is 1. The summed E-state index contributed by atoms with van der Waals surface area (Å²) >= 11 is 0. The summed E-state index contributed by atoms with van der Waals surface area (Å²) in [6.45, 7) is 6.89. The van der Waals surface area contributed by atoms with Crippen LogP contribution in [-0.2, 0) is 23.6 Å². The molecule has 1 atom stereocenters. The monoisotopic (exact) mass is 527 g/mol. The molecular weight excluding hydrogens is 500 g/mol. The third-order valence-corrected chi connectivity index (χ3v) is 6.28. The summed E-state index contributed by atoms with van der Waals surface area (Å²) in [7, 11) is 0. The lowest BCUT2D eigenvalue weighted by Crippen LogP contribution is -2.34. The largest absolute Gasteiger partial charge is 0.446 e. The van der Waals surface area contributed by atoms with Crippen LogP contribution in [0.4, 0.5) is 36.8 Å². The van der Waals surface area contributed by atoms with Crippen LogP contribution >= 0.6 is 0 Å². The Hall–Kier alpha value is -3.42.